The van der Waals surface area contributed by atoms with E-state index in [0.29, 0.717) is 44.0 Å². The molecule has 3 unspecified atom stereocenters. The summed E-state index contributed by atoms with van der Waals surface area (Å²) < 4.78 is 26.8. The van der Waals surface area contributed by atoms with Crippen molar-refractivity contribution >= 4 is 18.9 Å². The van der Waals surface area contributed by atoms with Crippen LogP contribution in [0.15, 0.2) is 18.2 Å². The summed E-state index contributed by atoms with van der Waals surface area (Å²) in [5.74, 6) is -0.471. The fourth-order valence-electron chi connectivity index (χ4n) is 2.72. The van der Waals surface area contributed by atoms with E-state index in [0.717, 1.165) is 0 Å². The summed E-state index contributed by atoms with van der Waals surface area (Å²) in [6.07, 6.45) is -2.41. The molecule has 1 fully saturated rings. The topological polar surface area (TPSA) is 150 Å². The summed E-state index contributed by atoms with van der Waals surface area (Å²) in [5, 5.41) is 21.5. The van der Waals surface area contributed by atoms with Gasteiger partial charge < -0.3 is 39.2 Å². The number of aliphatic hydroxyl groups is 1. The Morgan fingerprint density at radius 1 is 1.23 bits per heavy atom. The number of amides is 1. The van der Waals surface area contributed by atoms with Gasteiger partial charge >= 0.3 is 5.97 Å². The van der Waals surface area contributed by atoms with Crippen molar-refractivity contribution in [1.82, 2.24) is 5.32 Å². The molecule has 1 saturated heterocycles. The molecule has 1 aliphatic rings. The second-order valence-corrected chi connectivity index (χ2v) is 6.35. The number of carboxylic acid groups (broad SMARTS) is 1. The van der Waals surface area contributed by atoms with Crippen molar-refractivity contribution < 1.29 is 48.3 Å². The lowest BCUT2D eigenvalue weighted by Crippen LogP contribution is -2.42. The van der Waals surface area contributed by atoms with Crippen LogP contribution in [-0.4, -0.2) is 73.9 Å². The molecular formula is C19H25NO10. The second kappa shape index (κ2) is 12.6. The van der Waals surface area contributed by atoms with E-state index in [4.69, 9.17) is 28.8 Å². The molecule has 30 heavy (non-hydrogen) atoms. The fraction of sp³-hybridized carbons (Fsp3) is 0.526. The van der Waals surface area contributed by atoms with E-state index in [1.54, 1.807) is 18.2 Å². The smallest absolute Gasteiger partial charge is 0.333 e. The number of carboxylic acids is 1. The molecule has 1 amide bonds. The first kappa shape index (κ1) is 23.4. The van der Waals surface area contributed by atoms with Crippen molar-refractivity contribution in [2.75, 3.05) is 26.4 Å². The lowest BCUT2D eigenvalue weighted by Gasteiger charge is -2.31. The zero-order valence-electron chi connectivity index (χ0n) is 16.2. The van der Waals surface area contributed by atoms with Crippen LogP contribution in [0.5, 0.6) is 11.5 Å². The lowest BCUT2D eigenvalue weighted by molar-refractivity contribution is -0.195. The number of nitrogens with one attached hydrogen (secondary N) is 1. The molecular weight excluding hydrogens is 402 g/mol. The molecule has 0 aromatic heterocycles. The Kier molecular flexibility index (Phi) is 9.84. The minimum Gasteiger partial charge on any atom is -0.491 e. The maximum atomic E-state index is 11.2. The molecule has 0 saturated carbocycles. The van der Waals surface area contributed by atoms with Gasteiger partial charge in [0.25, 0.3) is 6.47 Å². The van der Waals surface area contributed by atoms with Crippen LogP contribution < -0.4 is 14.8 Å². The molecule has 3 atom stereocenters. The highest BCUT2D eigenvalue weighted by Crippen LogP contribution is 2.30. The summed E-state index contributed by atoms with van der Waals surface area (Å²) in [5.41, 5.74) is 0.515. The third kappa shape index (κ3) is 7.85. The van der Waals surface area contributed by atoms with Crippen molar-refractivity contribution in [2.45, 2.75) is 37.9 Å². The number of aliphatic hydroxyl groups excluding tert-OH is 1. The Balaban J connectivity index is 1.98. The van der Waals surface area contributed by atoms with Crippen LogP contribution in [0.3, 0.4) is 0 Å². The maximum absolute atomic E-state index is 11.2. The van der Waals surface area contributed by atoms with Gasteiger partial charge in [-0.15, -0.1) is 0 Å². The Labute approximate surface area is 172 Å². The van der Waals surface area contributed by atoms with Crippen LogP contribution in [-0.2, 0) is 35.2 Å². The molecule has 1 aliphatic heterocycles. The molecule has 1 aromatic carbocycles. The van der Waals surface area contributed by atoms with Crippen LogP contribution in [0.1, 0.15) is 18.4 Å². The van der Waals surface area contributed by atoms with Crippen molar-refractivity contribution in [3.8, 4) is 11.5 Å². The van der Waals surface area contributed by atoms with Gasteiger partial charge in [0.05, 0.1) is 19.3 Å². The minimum atomic E-state index is -1.19. The highest BCUT2D eigenvalue weighted by Gasteiger charge is 2.34. The van der Waals surface area contributed by atoms with Gasteiger partial charge in [0.2, 0.25) is 12.7 Å². The average molecular weight is 427 g/mol. The third-order valence-corrected chi connectivity index (χ3v) is 4.12. The maximum Gasteiger partial charge on any atom is 0.333 e. The number of benzene rings is 1. The summed E-state index contributed by atoms with van der Waals surface area (Å²) in [6, 6.07) is 4.84. The summed E-state index contributed by atoms with van der Waals surface area (Å²) in [4.78, 5) is 31.8. The summed E-state index contributed by atoms with van der Waals surface area (Å²) >= 11 is 0. The second-order valence-electron chi connectivity index (χ2n) is 6.35. The van der Waals surface area contributed by atoms with Gasteiger partial charge in [0.15, 0.2) is 6.10 Å². The van der Waals surface area contributed by atoms with Crippen LogP contribution in [0.4, 0.5) is 0 Å². The predicted octanol–water partition coefficient (Wildman–Crippen LogP) is -0.170. The zero-order chi connectivity index (χ0) is 21.8. The van der Waals surface area contributed by atoms with Crippen LogP contribution in [0.25, 0.3) is 0 Å². The van der Waals surface area contributed by atoms with Crippen LogP contribution >= 0.6 is 0 Å². The van der Waals surface area contributed by atoms with Gasteiger partial charge in [-0.05, 0) is 12.1 Å². The SMILES string of the molecule is O=CNCCOCCOc1ccc(COC=O)c(OC2CC(O)CC(C(=O)O)O2)c1. The molecule has 0 aliphatic carbocycles. The highest BCUT2D eigenvalue weighted by atomic mass is 16.7. The number of ether oxygens (including phenoxy) is 5. The van der Waals surface area contributed by atoms with Gasteiger partial charge in [-0.25, -0.2) is 4.79 Å². The van der Waals surface area contributed by atoms with Gasteiger partial charge in [0, 0.05) is 31.0 Å². The first-order valence-electron chi connectivity index (χ1n) is 9.32. The minimum absolute atomic E-state index is 0.0260. The van der Waals surface area contributed by atoms with Crippen molar-refractivity contribution in [1.29, 1.82) is 0 Å². The van der Waals surface area contributed by atoms with Crippen molar-refractivity contribution in [2.24, 2.45) is 0 Å². The van der Waals surface area contributed by atoms with Crippen molar-refractivity contribution in [3.05, 3.63) is 23.8 Å². The molecule has 0 spiro atoms. The molecule has 1 aromatic rings. The van der Waals surface area contributed by atoms with Gasteiger partial charge in [-0.3, -0.25) is 9.59 Å². The molecule has 3 N–H and O–H groups in total. The Morgan fingerprint density at radius 3 is 2.80 bits per heavy atom. The van der Waals surface area contributed by atoms with Gasteiger partial charge in [-0.2, -0.15) is 0 Å². The fourth-order valence-corrected chi connectivity index (χ4v) is 2.72. The number of hydrogen-bond acceptors (Lipinski definition) is 9. The summed E-state index contributed by atoms with van der Waals surface area (Å²) in [7, 11) is 0. The monoisotopic (exact) mass is 427 g/mol. The van der Waals surface area contributed by atoms with E-state index in [1.807, 2.05) is 0 Å². The summed E-state index contributed by atoms with van der Waals surface area (Å²) in [6.45, 7) is 1.52. The van der Waals surface area contributed by atoms with E-state index >= 15 is 0 Å². The number of carbonyl (C=O) groups excluding carboxylic acids is 2. The molecule has 1 heterocycles. The van der Waals surface area contributed by atoms with Crippen LogP contribution in [0, 0.1) is 0 Å². The largest absolute Gasteiger partial charge is 0.491 e. The molecule has 2 rings (SSSR count). The molecule has 166 valence electrons. The first-order valence-corrected chi connectivity index (χ1v) is 9.32. The molecule has 0 bridgehead atoms. The number of carbonyl (C=O) groups is 3. The zero-order valence-corrected chi connectivity index (χ0v) is 16.2. The standard InChI is InChI=1S/C19H25NO10/c21-11-20-3-4-26-5-6-28-15-2-1-13(10-27-12-22)16(9-15)29-18-8-14(23)7-17(30-18)19(24)25/h1-2,9,11-12,14,17-18,23H,3-8,10H2,(H,20,21)(H,24,25). The molecule has 0 radical (unpaired) electrons. The van der Waals surface area contributed by atoms with Gasteiger partial charge in [-0.1, -0.05) is 0 Å². The van der Waals surface area contributed by atoms with E-state index in [1.165, 1.54) is 0 Å². The average Bonchev–Trinajstić information content (AvgIpc) is 2.72. The Morgan fingerprint density at radius 2 is 2.07 bits per heavy atom. The van der Waals surface area contributed by atoms with Gasteiger partial charge in [0.1, 0.15) is 24.7 Å². The van der Waals surface area contributed by atoms with E-state index < -0.39 is 24.5 Å². The van der Waals surface area contributed by atoms with E-state index in [-0.39, 0.29) is 31.8 Å². The quantitative estimate of drug-likeness (QED) is 0.270. The van der Waals surface area contributed by atoms with Crippen molar-refractivity contribution in [3.63, 3.8) is 0 Å². The number of rotatable bonds is 14. The third-order valence-electron chi connectivity index (χ3n) is 4.12. The van der Waals surface area contributed by atoms with Crippen LogP contribution in [0.2, 0.25) is 0 Å². The van der Waals surface area contributed by atoms with E-state index in [9.17, 15) is 19.5 Å². The lowest BCUT2D eigenvalue weighted by atomic mass is 10.1. The normalized spacial score (nSPS) is 20.8. The predicted molar refractivity (Wildman–Crippen MR) is 99.8 cm³/mol. The highest BCUT2D eigenvalue weighted by molar-refractivity contribution is 5.72. The number of aliphatic carboxylic acids is 1. The van der Waals surface area contributed by atoms with E-state index in [2.05, 4.69) is 5.32 Å². The Hall–Kier alpha value is -2.89. The first-order chi connectivity index (χ1) is 14.5. The molecule has 11 nitrogen and oxygen atoms in total. The Bertz CT molecular complexity index is 698. The number of hydrogen-bond donors (Lipinski definition) is 3. The molecule has 11 heteroatoms.